The Kier molecular flexibility index (Phi) is 9.83. The third kappa shape index (κ3) is 7.75. The summed E-state index contributed by atoms with van der Waals surface area (Å²) in [5.41, 5.74) is 5.16. The molecule has 7 nitrogen and oxygen atoms in total. The highest BCUT2D eigenvalue weighted by Gasteiger charge is 2.12. The van der Waals surface area contributed by atoms with Gasteiger partial charge in [0.1, 0.15) is 11.5 Å². The number of carbonyl (C=O) groups is 2. The Bertz CT molecular complexity index is 946. The van der Waals surface area contributed by atoms with E-state index in [2.05, 4.69) is 48.0 Å². The van der Waals surface area contributed by atoms with E-state index in [1.807, 2.05) is 6.92 Å². The second kappa shape index (κ2) is 12.1. The van der Waals surface area contributed by atoms with E-state index in [0.717, 1.165) is 6.42 Å². The molecule has 2 aromatic carbocycles. The van der Waals surface area contributed by atoms with Crippen LogP contribution in [0.5, 0.6) is 11.5 Å². The molecule has 2 rings (SSSR count). The van der Waals surface area contributed by atoms with Crippen LogP contribution in [0, 0.1) is 0 Å². The van der Waals surface area contributed by atoms with E-state index >= 15 is 0 Å². The zero-order valence-electron chi connectivity index (χ0n) is 15.8. The molecule has 0 aliphatic rings. The van der Waals surface area contributed by atoms with Crippen LogP contribution in [-0.4, -0.2) is 30.1 Å². The van der Waals surface area contributed by atoms with Crippen molar-refractivity contribution < 1.29 is 19.1 Å². The molecule has 0 aliphatic carbocycles. The summed E-state index contributed by atoms with van der Waals surface area (Å²) < 4.78 is 12.2. The van der Waals surface area contributed by atoms with Gasteiger partial charge in [-0.2, -0.15) is 0 Å². The van der Waals surface area contributed by atoms with Crippen molar-refractivity contribution in [2.75, 3.05) is 13.2 Å². The average Bonchev–Trinajstić information content (AvgIpc) is 2.70. The molecule has 0 unspecified atom stereocenters. The van der Waals surface area contributed by atoms with Gasteiger partial charge in [-0.3, -0.25) is 25.8 Å². The van der Waals surface area contributed by atoms with Gasteiger partial charge in [-0.25, -0.2) is 0 Å². The van der Waals surface area contributed by atoms with Gasteiger partial charge in [-0.15, -0.1) is 0 Å². The molecular formula is C19H18Br2ClN3O4S. The molecule has 0 aliphatic heterocycles. The van der Waals surface area contributed by atoms with E-state index in [0.29, 0.717) is 37.6 Å². The molecule has 0 aromatic heterocycles. The van der Waals surface area contributed by atoms with Gasteiger partial charge in [-0.1, -0.05) is 18.5 Å². The number of rotatable bonds is 7. The Labute approximate surface area is 201 Å². The van der Waals surface area contributed by atoms with Crippen molar-refractivity contribution in [3.05, 3.63) is 55.9 Å². The molecule has 0 atom stereocenters. The molecule has 30 heavy (non-hydrogen) atoms. The van der Waals surface area contributed by atoms with E-state index in [1.165, 1.54) is 0 Å². The van der Waals surface area contributed by atoms with Crippen LogP contribution in [0.2, 0.25) is 5.02 Å². The first kappa shape index (κ1) is 24.4. The highest BCUT2D eigenvalue weighted by Crippen LogP contribution is 2.28. The summed E-state index contributed by atoms with van der Waals surface area (Å²) in [7, 11) is 0. The second-order valence-electron chi connectivity index (χ2n) is 5.81. The third-order valence-corrected chi connectivity index (χ3v) is 5.13. The lowest BCUT2D eigenvalue weighted by atomic mass is 10.2. The molecule has 0 saturated carbocycles. The summed E-state index contributed by atoms with van der Waals surface area (Å²) in [6.45, 7) is 2.32. The monoisotopic (exact) mass is 577 g/mol. The second-order valence-corrected chi connectivity index (χ2v) is 8.37. The van der Waals surface area contributed by atoms with Gasteiger partial charge in [0.05, 0.1) is 15.6 Å². The van der Waals surface area contributed by atoms with E-state index in [-0.39, 0.29) is 11.7 Å². The number of hydrogen-bond donors (Lipinski definition) is 3. The van der Waals surface area contributed by atoms with E-state index in [1.54, 1.807) is 36.4 Å². The number of benzene rings is 2. The number of ether oxygens (including phenoxy) is 2. The minimum absolute atomic E-state index is 0.0662. The summed E-state index contributed by atoms with van der Waals surface area (Å²) in [6, 6.07) is 9.86. The van der Waals surface area contributed by atoms with Crippen LogP contribution in [0.15, 0.2) is 45.3 Å². The smallest absolute Gasteiger partial charge is 0.276 e. The first-order valence-corrected chi connectivity index (χ1v) is 11.1. The molecule has 160 valence electrons. The molecule has 11 heteroatoms. The normalized spacial score (nSPS) is 10.1. The van der Waals surface area contributed by atoms with Crippen LogP contribution in [0.3, 0.4) is 0 Å². The molecular weight excluding hydrogens is 562 g/mol. The van der Waals surface area contributed by atoms with E-state index in [9.17, 15) is 9.59 Å². The largest absolute Gasteiger partial charge is 0.492 e. The van der Waals surface area contributed by atoms with Crippen LogP contribution in [0.25, 0.3) is 0 Å². The molecule has 3 N–H and O–H groups in total. The van der Waals surface area contributed by atoms with Crippen LogP contribution in [0.4, 0.5) is 0 Å². The lowest BCUT2D eigenvalue weighted by Crippen LogP contribution is -2.49. The SMILES string of the molecule is CCCOc1ccc(C(=O)NC(=S)NNC(=O)COc2ccc(Cl)cc2Br)cc1Br. The van der Waals surface area contributed by atoms with Crippen LogP contribution >= 0.6 is 55.7 Å². The lowest BCUT2D eigenvalue weighted by Gasteiger charge is -2.13. The minimum atomic E-state index is -0.492. The van der Waals surface area contributed by atoms with Crippen molar-refractivity contribution in [3.8, 4) is 11.5 Å². The standard InChI is InChI=1S/C19H18Br2ClN3O4S/c1-2-7-28-15-5-3-11(8-13(15)20)18(27)23-19(30)25-24-17(26)10-29-16-6-4-12(22)9-14(16)21/h3-6,8-9H,2,7,10H2,1H3,(H,24,26)(H2,23,25,27,30). The first-order valence-electron chi connectivity index (χ1n) is 8.70. The highest BCUT2D eigenvalue weighted by atomic mass is 79.9. The third-order valence-electron chi connectivity index (χ3n) is 3.45. The van der Waals surface area contributed by atoms with Crippen LogP contribution < -0.4 is 25.6 Å². The maximum atomic E-state index is 12.3. The van der Waals surface area contributed by atoms with Gasteiger partial charge in [0.2, 0.25) is 0 Å². The molecule has 0 bridgehead atoms. The number of thiocarbonyl (C=S) groups is 1. The summed E-state index contributed by atoms with van der Waals surface area (Å²) in [4.78, 5) is 24.2. The summed E-state index contributed by atoms with van der Waals surface area (Å²) in [5.74, 6) is 0.176. The van der Waals surface area contributed by atoms with Crippen LogP contribution in [0.1, 0.15) is 23.7 Å². The minimum Gasteiger partial charge on any atom is -0.492 e. The fourth-order valence-corrected chi connectivity index (χ4v) is 3.51. The van der Waals surface area contributed by atoms with Crippen molar-refractivity contribution >= 4 is 72.6 Å². The van der Waals surface area contributed by atoms with Gasteiger partial charge in [0.25, 0.3) is 11.8 Å². The zero-order chi connectivity index (χ0) is 22.1. The van der Waals surface area contributed by atoms with Gasteiger partial charge in [0.15, 0.2) is 11.7 Å². The number of carbonyl (C=O) groups excluding carboxylic acids is 2. The van der Waals surface area contributed by atoms with E-state index < -0.39 is 11.8 Å². The topological polar surface area (TPSA) is 88.7 Å². The predicted molar refractivity (Wildman–Crippen MR) is 126 cm³/mol. The predicted octanol–water partition coefficient (Wildman–Crippen LogP) is 4.37. The Balaban J connectivity index is 1.78. The summed E-state index contributed by atoms with van der Waals surface area (Å²) in [5, 5.41) is 2.94. The Morgan fingerprint density at radius 1 is 1.03 bits per heavy atom. The lowest BCUT2D eigenvalue weighted by molar-refractivity contribution is -0.123. The van der Waals surface area contributed by atoms with Crippen molar-refractivity contribution in [2.45, 2.75) is 13.3 Å². The molecule has 0 saturated heterocycles. The molecule has 0 fully saturated rings. The number of amides is 2. The van der Waals surface area contributed by atoms with Gasteiger partial charge >= 0.3 is 0 Å². The number of hydrogen-bond acceptors (Lipinski definition) is 5. The Hall–Kier alpha value is -1.88. The molecule has 0 radical (unpaired) electrons. The Morgan fingerprint density at radius 2 is 1.70 bits per heavy atom. The van der Waals surface area contributed by atoms with Crippen molar-refractivity contribution in [3.63, 3.8) is 0 Å². The maximum Gasteiger partial charge on any atom is 0.276 e. The van der Waals surface area contributed by atoms with Crippen LogP contribution in [-0.2, 0) is 4.79 Å². The maximum absolute atomic E-state index is 12.3. The van der Waals surface area contributed by atoms with Gasteiger partial charge in [-0.05, 0) is 86.9 Å². The van der Waals surface area contributed by atoms with Crippen molar-refractivity contribution in [1.29, 1.82) is 0 Å². The number of hydrazine groups is 1. The van der Waals surface area contributed by atoms with Crippen molar-refractivity contribution in [1.82, 2.24) is 16.2 Å². The highest BCUT2D eigenvalue weighted by molar-refractivity contribution is 9.10. The van der Waals surface area contributed by atoms with Gasteiger partial charge in [0, 0.05) is 10.6 Å². The summed E-state index contributed by atoms with van der Waals surface area (Å²) in [6.07, 6.45) is 0.877. The van der Waals surface area contributed by atoms with Crippen molar-refractivity contribution in [2.24, 2.45) is 0 Å². The molecule has 0 spiro atoms. The summed E-state index contributed by atoms with van der Waals surface area (Å²) >= 11 is 17.5. The fraction of sp³-hybridized carbons (Fsp3) is 0.211. The molecule has 2 amide bonds. The van der Waals surface area contributed by atoms with E-state index in [4.69, 9.17) is 33.3 Å². The number of halogens is 3. The molecule has 2 aromatic rings. The average molecular weight is 580 g/mol. The first-order chi connectivity index (χ1) is 14.3. The quantitative estimate of drug-likeness (QED) is 0.334. The zero-order valence-corrected chi connectivity index (χ0v) is 20.5. The fourth-order valence-electron chi connectivity index (χ4n) is 2.08. The molecule has 0 heterocycles. The Morgan fingerprint density at radius 3 is 2.37 bits per heavy atom. The number of nitrogens with one attached hydrogen (secondary N) is 3. The van der Waals surface area contributed by atoms with Gasteiger partial charge < -0.3 is 9.47 Å².